The lowest BCUT2D eigenvalue weighted by Gasteiger charge is -2.10. The molecule has 1 amide bonds. The third-order valence-electron chi connectivity index (χ3n) is 5.39. The van der Waals surface area contributed by atoms with Gasteiger partial charge in [-0.3, -0.25) is 4.79 Å². The summed E-state index contributed by atoms with van der Waals surface area (Å²) < 4.78 is 22.0. The van der Waals surface area contributed by atoms with Gasteiger partial charge in [0.2, 0.25) is 0 Å². The summed E-state index contributed by atoms with van der Waals surface area (Å²) >= 11 is 11.9. The SMILES string of the molecule is COc1cc(/C=N\NC(=O)COc2ccc(OCc3ccccc3)cc2)ccc1OC(=O)c1ccc(Cl)c(Cl)c1. The molecular weight excluding hydrogens is 555 g/mol. The zero-order valence-electron chi connectivity index (χ0n) is 21.3. The van der Waals surface area contributed by atoms with Crippen LogP contribution < -0.4 is 24.4 Å². The molecule has 0 unspecified atom stereocenters. The summed E-state index contributed by atoms with van der Waals surface area (Å²) in [7, 11) is 1.44. The Bertz CT molecular complexity index is 1490. The summed E-state index contributed by atoms with van der Waals surface area (Å²) in [5, 5.41) is 4.51. The number of carbonyl (C=O) groups is 2. The predicted molar refractivity (Wildman–Crippen MR) is 153 cm³/mol. The molecule has 0 fully saturated rings. The average Bonchev–Trinajstić information content (AvgIpc) is 2.98. The maximum Gasteiger partial charge on any atom is 0.343 e. The molecule has 0 saturated carbocycles. The molecule has 0 heterocycles. The Balaban J connectivity index is 1.24. The number of ether oxygens (including phenoxy) is 4. The highest BCUT2D eigenvalue weighted by molar-refractivity contribution is 6.42. The Morgan fingerprint density at radius 3 is 2.25 bits per heavy atom. The number of halogens is 2. The van der Waals surface area contributed by atoms with E-state index in [4.69, 9.17) is 42.1 Å². The molecule has 0 spiro atoms. The molecule has 4 aromatic carbocycles. The second kappa shape index (κ2) is 14.0. The Kier molecular flexibility index (Phi) is 9.99. The number of benzene rings is 4. The van der Waals surface area contributed by atoms with Crippen molar-refractivity contribution < 1.29 is 28.5 Å². The summed E-state index contributed by atoms with van der Waals surface area (Å²) in [4.78, 5) is 24.6. The van der Waals surface area contributed by atoms with Gasteiger partial charge in [0.25, 0.3) is 5.91 Å². The van der Waals surface area contributed by atoms with E-state index in [0.717, 1.165) is 5.56 Å². The van der Waals surface area contributed by atoms with Gasteiger partial charge < -0.3 is 18.9 Å². The molecular formula is C30H24Cl2N2O6. The van der Waals surface area contributed by atoms with Gasteiger partial charge in [-0.15, -0.1) is 0 Å². The summed E-state index contributed by atoms with van der Waals surface area (Å²) in [6, 6.07) is 26.1. The highest BCUT2D eigenvalue weighted by Gasteiger charge is 2.14. The summed E-state index contributed by atoms with van der Waals surface area (Å²) in [5.74, 6) is 0.630. The van der Waals surface area contributed by atoms with Crippen molar-refractivity contribution in [3.63, 3.8) is 0 Å². The number of hydrogen-bond donors (Lipinski definition) is 1. The van der Waals surface area contributed by atoms with E-state index in [2.05, 4.69) is 10.5 Å². The standard InChI is InChI=1S/C30H24Cl2N2O6/c1-37-28-15-21(7-14-27(28)40-30(36)22-8-13-25(31)26(32)16-22)17-33-34-29(35)19-39-24-11-9-23(10-12-24)38-18-20-5-3-2-4-6-20/h2-17H,18-19H2,1H3,(H,34,35)/b33-17-. The van der Waals surface area contributed by atoms with Crippen LogP contribution in [0.4, 0.5) is 0 Å². The maximum absolute atomic E-state index is 12.5. The molecule has 0 aromatic heterocycles. The number of esters is 1. The van der Waals surface area contributed by atoms with Crippen molar-refractivity contribution in [3.8, 4) is 23.0 Å². The van der Waals surface area contributed by atoms with Crippen molar-refractivity contribution in [2.45, 2.75) is 6.61 Å². The Hall–Kier alpha value is -4.53. The first kappa shape index (κ1) is 28.5. The second-order valence-corrected chi connectivity index (χ2v) is 9.07. The van der Waals surface area contributed by atoms with Crippen molar-refractivity contribution in [2.75, 3.05) is 13.7 Å². The average molecular weight is 579 g/mol. The monoisotopic (exact) mass is 578 g/mol. The van der Waals surface area contributed by atoms with Gasteiger partial charge in [-0.2, -0.15) is 5.10 Å². The first-order valence-corrected chi connectivity index (χ1v) is 12.7. The number of carbonyl (C=O) groups excluding carboxylic acids is 2. The van der Waals surface area contributed by atoms with Gasteiger partial charge >= 0.3 is 5.97 Å². The van der Waals surface area contributed by atoms with Crippen LogP contribution in [0, 0.1) is 0 Å². The van der Waals surface area contributed by atoms with E-state index in [1.807, 2.05) is 30.3 Å². The van der Waals surface area contributed by atoms with Crippen LogP contribution >= 0.6 is 23.2 Å². The smallest absolute Gasteiger partial charge is 0.343 e. The number of nitrogens with zero attached hydrogens (tertiary/aromatic N) is 1. The van der Waals surface area contributed by atoms with Gasteiger partial charge in [-0.25, -0.2) is 10.2 Å². The van der Waals surface area contributed by atoms with Crippen molar-refractivity contribution >= 4 is 41.3 Å². The zero-order chi connectivity index (χ0) is 28.3. The molecule has 0 aliphatic heterocycles. The number of hydrogen-bond acceptors (Lipinski definition) is 7. The zero-order valence-corrected chi connectivity index (χ0v) is 22.8. The minimum atomic E-state index is -0.625. The molecule has 0 atom stereocenters. The van der Waals surface area contributed by atoms with E-state index < -0.39 is 11.9 Å². The van der Waals surface area contributed by atoms with Crippen LogP contribution in [0.1, 0.15) is 21.5 Å². The molecule has 204 valence electrons. The molecule has 8 nitrogen and oxygen atoms in total. The van der Waals surface area contributed by atoms with Crippen molar-refractivity contribution in [3.05, 3.63) is 118 Å². The van der Waals surface area contributed by atoms with E-state index in [1.54, 1.807) is 42.5 Å². The number of hydrazone groups is 1. The summed E-state index contributed by atoms with van der Waals surface area (Å²) in [6.07, 6.45) is 1.42. The van der Waals surface area contributed by atoms with Crippen LogP contribution in [0.2, 0.25) is 10.0 Å². The fraction of sp³-hybridized carbons (Fsp3) is 0.100. The molecule has 10 heteroatoms. The van der Waals surface area contributed by atoms with Crippen LogP contribution in [-0.4, -0.2) is 31.8 Å². The first-order valence-electron chi connectivity index (χ1n) is 12.0. The normalized spacial score (nSPS) is 10.7. The van der Waals surface area contributed by atoms with Gasteiger partial charge in [0.05, 0.1) is 28.9 Å². The minimum Gasteiger partial charge on any atom is -0.493 e. The number of methoxy groups -OCH3 is 1. The van der Waals surface area contributed by atoms with E-state index in [-0.39, 0.29) is 22.9 Å². The number of rotatable bonds is 11. The molecule has 4 rings (SSSR count). The van der Waals surface area contributed by atoms with Crippen molar-refractivity contribution in [1.82, 2.24) is 5.43 Å². The van der Waals surface area contributed by atoms with Crippen LogP contribution in [0.5, 0.6) is 23.0 Å². The fourth-order valence-corrected chi connectivity index (χ4v) is 3.66. The molecule has 0 bridgehead atoms. The topological polar surface area (TPSA) is 95.5 Å². The third-order valence-corrected chi connectivity index (χ3v) is 6.13. The third kappa shape index (κ3) is 8.23. The molecule has 40 heavy (non-hydrogen) atoms. The van der Waals surface area contributed by atoms with Crippen molar-refractivity contribution in [2.24, 2.45) is 5.10 Å². The second-order valence-electron chi connectivity index (χ2n) is 8.26. The number of amides is 1. The lowest BCUT2D eigenvalue weighted by molar-refractivity contribution is -0.123. The summed E-state index contributed by atoms with van der Waals surface area (Å²) in [5.41, 5.74) is 4.30. The summed E-state index contributed by atoms with van der Waals surface area (Å²) in [6.45, 7) is 0.231. The van der Waals surface area contributed by atoms with Gasteiger partial charge in [0.1, 0.15) is 18.1 Å². The van der Waals surface area contributed by atoms with Gasteiger partial charge in [0.15, 0.2) is 18.1 Å². The lowest BCUT2D eigenvalue weighted by Crippen LogP contribution is -2.24. The van der Waals surface area contributed by atoms with Crippen LogP contribution in [-0.2, 0) is 11.4 Å². The van der Waals surface area contributed by atoms with Crippen LogP contribution in [0.15, 0.2) is 96.1 Å². The maximum atomic E-state index is 12.5. The molecule has 1 N–H and O–H groups in total. The minimum absolute atomic E-state index is 0.199. The number of nitrogens with one attached hydrogen (secondary N) is 1. The molecule has 4 aromatic rings. The molecule has 0 aliphatic carbocycles. The predicted octanol–water partition coefficient (Wildman–Crippen LogP) is 6.33. The Morgan fingerprint density at radius 1 is 0.825 bits per heavy atom. The van der Waals surface area contributed by atoms with Gasteiger partial charge in [-0.1, -0.05) is 53.5 Å². The van der Waals surface area contributed by atoms with E-state index in [9.17, 15) is 9.59 Å². The molecule has 0 radical (unpaired) electrons. The van der Waals surface area contributed by atoms with Crippen LogP contribution in [0.25, 0.3) is 0 Å². The van der Waals surface area contributed by atoms with Gasteiger partial charge in [0, 0.05) is 0 Å². The largest absolute Gasteiger partial charge is 0.493 e. The molecule has 0 saturated heterocycles. The van der Waals surface area contributed by atoms with Crippen molar-refractivity contribution in [1.29, 1.82) is 0 Å². The highest BCUT2D eigenvalue weighted by atomic mass is 35.5. The van der Waals surface area contributed by atoms with Gasteiger partial charge in [-0.05, 0) is 71.8 Å². The van der Waals surface area contributed by atoms with E-state index in [0.29, 0.717) is 34.4 Å². The molecule has 0 aliphatic rings. The Labute approximate surface area is 241 Å². The van der Waals surface area contributed by atoms with E-state index >= 15 is 0 Å². The lowest BCUT2D eigenvalue weighted by atomic mass is 10.2. The quantitative estimate of drug-likeness (QED) is 0.0966. The van der Waals surface area contributed by atoms with Crippen LogP contribution in [0.3, 0.4) is 0 Å². The van der Waals surface area contributed by atoms with E-state index in [1.165, 1.54) is 31.5 Å². The first-order chi connectivity index (χ1) is 19.4. The Morgan fingerprint density at radius 2 is 1.55 bits per heavy atom. The highest BCUT2D eigenvalue weighted by Crippen LogP contribution is 2.29. The fourth-order valence-electron chi connectivity index (χ4n) is 3.36.